The van der Waals surface area contributed by atoms with Crippen LogP contribution in [-0.2, 0) is 14.3 Å². The number of thiocarbonyl (C=S) groups is 1. The quantitative estimate of drug-likeness (QED) is 0.809. The maximum atomic E-state index is 12.3. The molecule has 0 aliphatic carbocycles. The normalized spacial score (nSPS) is 24.8. The number of hydrogen-bond donors (Lipinski definition) is 2. The van der Waals surface area contributed by atoms with Crippen LogP contribution in [0.25, 0.3) is 0 Å². The third-order valence-electron chi connectivity index (χ3n) is 4.24. The standard InChI is InChI=1S/C16H21N3O3S/c1-11-8-12(18-15(20)16(17)4-6-22-10-16)2-3-13(11)19-5-7-21-9-14(19)23/h2-3,8H,4-7,9-10,17H2,1H3,(H,18,20). The lowest BCUT2D eigenvalue weighted by Gasteiger charge is -2.31. The number of carbonyl (C=O) groups excluding carboxylic acids is 1. The molecule has 1 aromatic rings. The van der Waals surface area contributed by atoms with Gasteiger partial charge in [0.15, 0.2) is 0 Å². The lowest BCUT2D eigenvalue weighted by molar-refractivity contribution is -0.121. The van der Waals surface area contributed by atoms with Gasteiger partial charge in [-0.25, -0.2) is 0 Å². The number of nitrogens with two attached hydrogens (primary N) is 1. The molecule has 0 aromatic heterocycles. The van der Waals surface area contributed by atoms with Crippen LogP contribution in [0.5, 0.6) is 0 Å². The van der Waals surface area contributed by atoms with Crippen LogP contribution in [0.1, 0.15) is 12.0 Å². The molecule has 2 fully saturated rings. The summed E-state index contributed by atoms with van der Waals surface area (Å²) in [6.45, 7) is 4.67. The Kier molecular flexibility index (Phi) is 4.63. The number of morpholine rings is 1. The molecule has 3 rings (SSSR count). The fourth-order valence-corrected chi connectivity index (χ4v) is 3.10. The first kappa shape index (κ1) is 16.3. The molecule has 3 N–H and O–H groups in total. The van der Waals surface area contributed by atoms with Crippen molar-refractivity contribution in [1.82, 2.24) is 0 Å². The molecule has 2 saturated heterocycles. The summed E-state index contributed by atoms with van der Waals surface area (Å²) in [5, 5.41) is 2.89. The van der Waals surface area contributed by atoms with E-state index in [0.29, 0.717) is 26.2 Å². The molecule has 7 heteroatoms. The van der Waals surface area contributed by atoms with E-state index in [1.54, 1.807) is 0 Å². The fraction of sp³-hybridized carbons (Fsp3) is 0.500. The first-order valence-corrected chi connectivity index (χ1v) is 8.07. The second-order valence-corrected chi connectivity index (χ2v) is 6.48. The molecule has 124 valence electrons. The maximum absolute atomic E-state index is 12.3. The van der Waals surface area contributed by atoms with Crippen molar-refractivity contribution in [3.8, 4) is 0 Å². The van der Waals surface area contributed by atoms with E-state index in [1.165, 1.54) is 0 Å². The van der Waals surface area contributed by atoms with Gasteiger partial charge in [-0.05, 0) is 37.1 Å². The van der Waals surface area contributed by atoms with Gasteiger partial charge in [0.2, 0.25) is 5.91 Å². The monoisotopic (exact) mass is 335 g/mol. The summed E-state index contributed by atoms with van der Waals surface area (Å²) in [6.07, 6.45) is 0.540. The zero-order chi connectivity index (χ0) is 16.4. The Bertz CT molecular complexity index is 629. The van der Waals surface area contributed by atoms with Crippen LogP contribution in [0, 0.1) is 6.92 Å². The van der Waals surface area contributed by atoms with E-state index in [-0.39, 0.29) is 12.5 Å². The number of aryl methyl sites for hydroxylation is 1. The Morgan fingerprint density at radius 1 is 1.39 bits per heavy atom. The van der Waals surface area contributed by atoms with Crippen molar-refractivity contribution in [1.29, 1.82) is 0 Å². The predicted molar refractivity (Wildman–Crippen MR) is 92.9 cm³/mol. The van der Waals surface area contributed by atoms with Gasteiger partial charge in [0.25, 0.3) is 0 Å². The molecule has 1 unspecified atom stereocenters. The lowest BCUT2D eigenvalue weighted by atomic mass is 9.99. The fourth-order valence-electron chi connectivity index (χ4n) is 2.82. The number of nitrogens with one attached hydrogen (secondary N) is 1. The van der Waals surface area contributed by atoms with Crippen LogP contribution in [-0.4, -0.2) is 49.4 Å². The first-order valence-electron chi connectivity index (χ1n) is 7.66. The lowest BCUT2D eigenvalue weighted by Crippen LogP contribution is -2.51. The summed E-state index contributed by atoms with van der Waals surface area (Å²) in [6, 6.07) is 5.78. The van der Waals surface area contributed by atoms with Gasteiger partial charge in [-0.2, -0.15) is 0 Å². The molecule has 0 bridgehead atoms. The number of carbonyl (C=O) groups is 1. The van der Waals surface area contributed by atoms with Crippen molar-refractivity contribution in [2.75, 3.05) is 43.2 Å². The Morgan fingerprint density at radius 2 is 2.22 bits per heavy atom. The van der Waals surface area contributed by atoms with Crippen LogP contribution >= 0.6 is 12.2 Å². The average molecular weight is 335 g/mol. The maximum Gasteiger partial charge on any atom is 0.246 e. The summed E-state index contributed by atoms with van der Waals surface area (Å²) in [5.41, 5.74) is 7.96. The van der Waals surface area contributed by atoms with E-state index >= 15 is 0 Å². The number of ether oxygens (including phenoxy) is 2. The number of amides is 1. The Hall–Kier alpha value is -1.54. The van der Waals surface area contributed by atoms with Gasteiger partial charge in [-0.1, -0.05) is 12.2 Å². The van der Waals surface area contributed by atoms with Crippen molar-refractivity contribution in [2.24, 2.45) is 5.73 Å². The van der Waals surface area contributed by atoms with E-state index in [4.69, 9.17) is 27.4 Å². The van der Waals surface area contributed by atoms with Gasteiger partial charge < -0.3 is 25.4 Å². The molecular weight excluding hydrogens is 314 g/mol. The minimum atomic E-state index is -0.932. The molecule has 0 radical (unpaired) electrons. The van der Waals surface area contributed by atoms with Crippen LogP contribution in [0.4, 0.5) is 11.4 Å². The van der Waals surface area contributed by atoms with Crippen LogP contribution in [0.15, 0.2) is 18.2 Å². The molecule has 23 heavy (non-hydrogen) atoms. The highest BCUT2D eigenvalue weighted by atomic mass is 32.1. The number of anilines is 2. The molecule has 2 heterocycles. The van der Waals surface area contributed by atoms with Crippen molar-refractivity contribution in [3.05, 3.63) is 23.8 Å². The summed E-state index contributed by atoms with van der Waals surface area (Å²) < 4.78 is 10.6. The van der Waals surface area contributed by atoms with E-state index in [0.717, 1.165) is 28.5 Å². The third kappa shape index (κ3) is 3.37. The van der Waals surface area contributed by atoms with Crippen LogP contribution < -0.4 is 16.0 Å². The van der Waals surface area contributed by atoms with E-state index < -0.39 is 5.54 Å². The topological polar surface area (TPSA) is 76.8 Å². The number of benzene rings is 1. The zero-order valence-electron chi connectivity index (χ0n) is 13.1. The van der Waals surface area contributed by atoms with Gasteiger partial charge in [0, 0.05) is 24.5 Å². The van der Waals surface area contributed by atoms with Gasteiger partial charge in [-0.15, -0.1) is 0 Å². The zero-order valence-corrected chi connectivity index (χ0v) is 13.9. The van der Waals surface area contributed by atoms with Gasteiger partial charge >= 0.3 is 0 Å². The first-order chi connectivity index (χ1) is 11.0. The molecule has 0 spiro atoms. The highest BCUT2D eigenvalue weighted by Gasteiger charge is 2.38. The molecule has 6 nitrogen and oxygen atoms in total. The summed E-state index contributed by atoms with van der Waals surface area (Å²) in [4.78, 5) is 15.2. The third-order valence-corrected chi connectivity index (χ3v) is 4.57. The molecule has 2 aliphatic rings. The number of rotatable bonds is 3. The average Bonchev–Trinajstić information content (AvgIpc) is 2.97. The van der Waals surface area contributed by atoms with Gasteiger partial charge in [-0.3, -0.25) is 4.79 Å². The van der Waals surface area contributed by atoms with E-state index in [2.05, 4.69) is 10.2 Å². The molecular formula is C16H21N3O3S. The van der Waals surface area contributed by atoms with Crippen LogP contribution in [0.3, 0.4) is 0 Å². The van der Waals surface area contributed by atoms with Crippen molar-refractivity contribution >= 4 is 34.5 Å². The summed E-state index contributed by atoms with van der Waals surface area (Å²) >= 11 is 5.36. The number of nitrogens with zero attached hydrogens (tertiary/aromatic N) is 1. The largest absolute Gasteiger partial charge is 0.379 e. The second kappa shape index (κ2) is 6.52. The number of hydrogen-bond acceptors (Lipinski definition) is 5. The van der Waals surface area contributed by atoms with Crippen molar-refractivity contribution < 1.29 is 14.3 Å². The summed E-state index contributed by atoms with van der Waals surface area (Å²) in [7, 11) is 0. The minimum Gasteiger partial charge on any atom is -0.379 e. The Balaban J connectivity index is 1.74. The van der Waals surface area contributed by atoms with E-state index in [9.17, 15) is 4.79 Å². The second-order valence-electron chi connectivity index (χ2n) is 6.01. The Morgan fingerprint density at radius 3 is 2.87 bits per heavy atom. The summed E-state index contributed by atoms with van der Waals surface area (Å²) in [5.74, 6) is -0.205. The smallest absolute Gasteiger partial charge is 0.246 e. The molecule has 1 atom stereocenters. The SMILES string of the molecule is Cc1cc(NC(=O)C2(N)CCOC2)ccc1N1CCOCC1=S. The predicted octanol–water partition coefficient (Wildman–Crippen LogP) is 1.22. The highest BCUT2D eigenvalue weighted by Crippen LogP contribution is 2.26. The Labute approximate surface area is 140 Å². The molecule has 0 saturated carbocycles. The van der Waals surface area contributed by atoms with Gasteiger partial charge in [0.05, 0.1) is 19.8 Å². The van der Waals surface area contributed by atoms with E-state index in [1.807, 2.05) is 25.1 Å². The molecule has 2 aliphatic heterocycles. The van der Waals surface area contributed by atoms with Crippen LogP contribution in [0.2, 0.25) is 0 Å². The van der Waals surface area contributed by atoms with Crippen molar-refractivity contribution in [2.45, 2.75) is 18.9 Å². The van der Waals surface area contributed by atoms with Gasteiger partial charge in [0.1, 0.15) is 10.5 Å². The molecule has 1 aromatic carbocycles. The minimum absolute atomic E-state index is 0.205. The molecule has 1 amide bonds. The van der Waals surface area contributed by atoms with Crippen molar-refractivity contribution in [3.63, 3.8) is 0 Å². The highest BCUT2D eigenvalue weighted by molar-refractivity contribution is 7.80.